The highest BCUT2D eigenvalue weighted by Crippen LogP contribution is 2.73. The van der Waals surface area contributed by atoms with Crippen molar-refractivity contribution >= 4 is 5.52 Å². The van der Waals surface area contributed by atoms with Gasteiger partial charge in [0.05, 0.1) is 36.6 Å². The molecule has 0 amide bonds. The maximum Gasteiger partial charge on any atom is 0.418 e. The summed E-state index contributed by atoms with van der Waals surface area (Å²) in [5.41, 5.74) is 6.85. The molecule has 2 N–H and O–H groups in total. The lowest BCUT2D eigenvalue weighted by Crippen LogP contribution is -2.61. The number of nitrogens with one attached hydrogen (secondary N) is 2. The molecule has 2 aromatic heterocycles. The van der Waals surface area contributed by atoms with E-state index >= 15 is 0 Å². The van der Waals surface area contributed by atoms with E-state index in [2.05, 4.69) is 27.7 Å². The molecule has 7 rings (SSSR count). The third-order valence-electron chi connectivity index (χ3n) is 10.7. The number of imidazole rings is 1. The fourth-order valence-electron chi connectivity index (χ4n) is 8.70. The Kier molecular flexibility index (Phi) is 6.44. The third kappa shape index (κ3) is 4.52. The molecule has 2 aromatic rings. The summed E-state index contributed by atoms with van der Waals surface area (Å²) < 4.78 is 51.4. The Hall–Kier alpha value is -1.92. The van der Waals surface area contributed by atoms with Gasteiger partial charge in [0.15, 0.2) is 0 Å². The second-order valence-corrected chi connectivity index (χ2v) is 13.5. The van der Waals surface area contributed by atoms with Crippen molar-refractivity contribution in [2.75, 3.05) is 33.4 Å². The fraction of sp³-hybridized carbons (Fsp3) is 0.759. The van der Waals surface area contributed by atoms with Crippen LogP contribution in [0, 0.1) is 16.7 Å². The van der Waals surface area contributed by atoms with Gasteiger partial charge >= 0.3 is 11.9 Å². The van der Waals surface area contributed by atoms with Gasteiger partial charge in [0.1, 0.15) is 0 Å². The highest BCUT2D eigenvalue weighted by molar-refractivity contribution is 5.56. The van der Waals surface area contributed by atoms with Crippen molar-refractivity contribution in [2.24, 2.45) is 16.7 Å². The summed E-state index contributed by atoms with van der Waals surface area (Å²) in [6.45, 7) is 4.99. The molecule has 8 nitrogen and oxygen atoms in total. The Balaban J connectivity index is 1.20. The molecule has 3 aliphatic carbocycles. The van der Waals surface area contributed by atoms with E-state index in [4.69, 9.17) is 4.74 Å². The van der Waals surface area contributed by atoms with Crippen LogP contribution in [0.15, 0.2) is 23.3 Å². The third-order valence-corrected chi connectivity index (χ3v) is 10.7. The first kappa shape index (κ1) is 26.9. The normalized spacial score (nSPS) is 32.5. The largest absolute Gasteiger partial charge is 0.418 e. The van der Waals surface area contributed by atoms with E-state index in [0.717, 1.165) is 32.4 Å². The first-order valence-corrected chi connectivity index (χ1v) is 14.9. The minimum atomic E-state index is -4.55. The van der Waals surface area contributed by atoms with Crippen molar-refractivity contribution in [1.82, 2.24) is 29.6 Å². The summed E-state index contributed by atoms with van der Waals surface area (Å²) in [7, 11) is 2.15. The van der Waals surface area contributed by atoms with Crippen LogP contribution in [0.5, 0.6) is 0 Å². The molecule has 220 valence electrons. The average Bonchev–Trinajstić information content (AvgIpc) is 3.46. The van der Waals surface area contributed by atoms with Gasteiger partial charge in [-0.1, -0.05) is 6.42 Å². The molecule has 0 aromatic carbocycles. The quantitative estimate of drug-likeness (QED) is 0.576. The lowest BCUT2D eigenvalue weighted by Gasteiger charge is -2.59. The number of rotatable bonds is 5. The zero-order chi connectivity index (χ0) is 27.9. The minimum absolute atomic E-state index is 0.0337. The second kappa shape index (κ2) is 9.55. The SMILES string of the molecule is C[C@@H]1CN(Cc2cc(C(F)(F)F)c3cn(C4CCCC(C5(C6NNCN6C)CC6(CC6)C5)C4)c(=O)n3c2)CCO1. The molecule has 0 radical (unpaired) electrons. The van der Waals surface area contributed by atoms with Gasteiger partial charge < -0.3 is 4.74 Å². The minimum Gasteiger partial charge on any atom is -0.376 e. The molecule has 40 heavy (non-hydrogen) atoms. The summed E-state index contributed by atoms with van der Waals surface area (Å²) in [6, 6.07) is 1.14. The number of alkyl halides is 3. The number of morpholine rings is 1. The topological polar surface area (TPSA) is 66.2 Å². The molecular formula is C29H41F3N6O2. The summed E-state index contributed by atoms with van der Waals surface area (Å²) >= 11 is 0. The number of fused-ring (bicyclic) bond motifs is 1. The number of pyridine rings is 1. The van der Waals surface area contributed by atoms with Crippen LogP contribution in [0.1, 0.15) is 75.5 Å². The first-order chi connectivity index (χ1) is 19.1. The van der Waals surface area contributed by atoms with Crippen LogP contribution in [0.4, 0.5) is 13.2 Å². The van der Waals surface area contributed by atoms with Crippen molar-refractivity contribution in [3.63, 3.8) is 0 Å². The van der Waals surface area contributed by atoms with Crippen LogP contribution in [-0.2, 0) is 17.5 Å². The van der Waals surface area contributed by atoms with Gasteiger partial charge in [0.25, 0.3) is 0 Å². The van der Waals surface area contributed by atoms with Gasteiger partial charge in [-0.05, 0) is 81.9 Å². The molecular weight excluding hydrogens is 521 g/mol. The van der Waals surface area contributed by atoms with Crippen LogP contribution in [0.2, 0.25) is 0 Å². The summed E-state index contributed by atoms with van der Waals surface area (Å²) in [6.07, 6.45) is 7.61. The highest BCUT2D eigenvalue weighted by atomic mass is 19.4. The lowest BCUT2D eigenvalue weighted by atomic mass is 9.49. The number of hydrazine groups is 1. The second-order valence-electron chi connectivity index (χ2n) is 13.5. The monoisotopic (exact) mass is 562 g/mol. The van der Waals surface area contributed by atoms with E-state index in [9.17, 15) is 18.0 Å². The number of hydrogen-bond donors (Lipinski definition) is 2. The summed E-state index contributed by atoms with van der Waals surface area (Å²) in [5.74, 6) is 0.424. The van der Waals surface area contributed by atoms with E-state index in [1.807, 2.05) is 6.92 Å². The standard InChI is InChI=1S/C29H41F3N6O2/c1-19-12-36(8-9-40-19)13-20-10-23(29(30,31)32)24-15-37(26(39)38(24)14-20)22-5-3-4-21(11-22)28(16-27(17-28)6-7-27)25-34-33-18-35(25)2/h10,14-15,19,21-22,25,33-34H,3-9,11-13,16-18H2,1-2H3/t19-,21?,22?,25?/m1/s1. The van der Waals surface area contributed by atoms with Gasteiger partial charge in [0, 0.05) is 43.5 Å². The molecule has 4 heterocycles. The van der Waals surface area contributed by atoms with Gasteiger partial charge in [0.2, 0.25) is 0 Å². The highest BCUT2D eigenvalue weighted by Gasteiger charge is 2.67. The number of nitrogens with zero attached hydrogens (tertiary/aromatic N) is 4. The van der Waals surface area contributed by atoms with Crippen molar-refractivity contribution in [2.45, 2.75) is 89.3 Å². The molecule has 0 bridgehead atoms. The van der Waals surface area contributed by atoms with Crippen LogP contribution in [0.3, 0.4) is 0 Å². The Morgan fingerprint density at radius 3 is 2.65 bits per heavy atom. The van der Waals surface area contributed by atoms with Gasteiger partial charge in [-0.3, -0.25) is 18.8 Å². The number of hydrogen-bond acceptors (Lipinski definition) is 6. The molecule has 2 aliphatic heterocycles. The zero-order valence-electron chi connectivity index (χ0n) is 23.5. The fourth-order valence-corrected chi connectivity index (χ4v) is 8.70. The molecule has 3 unspecified atom stereocenters. The van der Waals surface area contributed by atoms with Gasteiger partial charge in [-0.25, -0.2) is 15.6 Å². The Bertz CT molecular complexity index is 1330. The molecule has 11 heteroatoms. The smallest absolute Gasteiger partial charge is 0.376 e. The molecule has 4 atom stereocenters. The molecule has 5 aliphatic rings. The van der Waals surface area contributed by atoms with Gasteiger partial charge in [-0.15, -0.1) is 0 Å². The number of ether oxygens (including phenoxy) is 1. The Morgan fingerprint density at radius 2 is 1.98 bits per heavy atom. The maximum absolute atomic E-state index is 14.3. The number of aromatic nitrogens is 2. The van der Waals surface area contributed by atoms with Crippen LogP contribution in [0.25, 0.3) is 5.52 Å². The van der Waals surface area contributed by atoms with Crippen LogP contribution >= 0.6 is 0 Å². The molecule has 2 saturated heterocycles. The Morgan fingerprint density at radius 1 is 1.18 bits per heavy atom. The molecule has 1 spiro atoms. The predicted molar refractivity (Wildman–Crippen MR) is 144 cm³/mol. The van der Waals surface area contributed by atoms with Crippen molar-refractivity contribution in [3.8, 4) is 0 Å². The Labute approximate surface area is 232 Å². The molecule has 3 saturated carbocycles. The number of halogens is 3. The van der Waals surface area contributed by atoms with Crippen molar-refractivity contribution < 1.29 is 17.9 Å². The van der Waals surface area contributed by atoms with Crippen molar-refractivity contribution in [1.29, 1.82) is 0 Å². The van der Waals surface area contributed by atoms with Crippen molar-refractivity contribution in [3.05, 3.63) is 40.1 Å². The van der Waals surface area contributed by atoms with E-state index < -0.39 is 11.7 Å². The zero-order valence-corrected chi connectivity index (χ0v) is 23.5. The predicted octanol–water partition coefficient (Wildman–Crippen LogP) is 3.96. The van der Waals surface area contributed by atoms with Gasteiger partial charge in [-0.2, -0.15) is 13.2 Å². The summed E-state index contributed by atoms with van der Waals surface area (Å²) in [4.78, 5) is 18.2. The van der Waals surface area contributed by atoms with E-state index in [1.165, 1.54) is 42.3 Å². The van der Waals surface area contributed by atoms with E-state index in [-0.39, 0.29) is 34.9 Å². The van der Waals surface area contributed by atoms with E-state index in [1.54, 1.807) is 10.8 Å². The van der Waals surface area contributed by atoms with E-state index in [0.29, 0.717) is 43.1 Å². The average molecular weight is 563 g/mol. The molecule has 5 fully saturated rings. The lowest BCUT2D eigenvalue weighted by molar-refractivity contribution is -0.136. The van der Waals surface area contributed by atoms with Crippen LogP contribution in [-0.4, -0.2) is 64.5 Å². The first-order valence-electron chi connectivity index (χ1n) is 14.9. The maximum atomic E-state index is 14.3. The summed E-state index contributed by atoms with van der Waals surface area (Å²) in [5, 5.41) is 0. The van der Waals surface area contributed by atoms with Crippen LogP contribution < -0.4 is 16.5 Å².